The van der Waals surface area contributed by atoms with Gasteiger partial charge in [0.05, 0.1) is 39.9 Å². The molecule has 3 unspecified atom stereocenters. The number of aliphatic hydroxyl groups is 1. The van der Waals surface area contributed by atoms with E-state index in [0.717, 1.165) is 12.0 Å². The van der Waals surface area contributed by atoms with E-state index in [-0.39, 0.29) is 40.3 Å². The van der Waals surface area contributed by atoms with E-state index >= 15 is 0 Å². The number of carbonyl (C=O) groups excluding carboxylic acids is 3. The number of nitrogens with one attached hydrogen (secondary N) is 2. The molecule has 7 nitrogen and oxygen atoms in total. The summed E-state index contributed by atoms with van der Waals surface area (Å²) in [5.41, 5.74) is 1.98. The lowest BCUT2D eigenvalue weighted by atomic mass is 9.70. The highest BCUT2D eigenvalue weighted by Crippen LogP contribution is 2.68. The Labute approximate surface area is 246 Å². The first kappa shape index (κ1) is 28.5. The number of halogens is 2. The van der Waals surface area contributed by atoms with E-state index in [4.69, 9.17) is 11.6 Å². The number of amides is 3. The molecule has 8 atom stereocenters. The van der Waals surface area contributed by atoms with Crippen LogP contribution in [0.15, 0.2) is 48.5 Å². The maximum atomic E-state index is 14.4. The van der Waals surface area contributed by atoms with E-state index in [1.165, 1.54) is 0 Å². The molecule has 2 bridgehead atoms. The second kappa shape index (κ2) is 11.1. The van der Waals surface area contributed by atoms with E-state index in [9.17, 15) is 19.5 Å². The molecular weight excluding hydrogens is 602 g/mol. The van der Waals surface area contributed by atoms with Crippen molar-refractivity contribution >= 4 is 68.4 Å². The van der Waals surface area contributed by atoms with Crippen molar-refractivity contribution in [2.75, 3.05) is 17.2 Å². The molecule has 0 radical (unpaired) electrons. The number of fused-ring (bicyclic) bond motifs is 1. The molecule has 3 fully saturated rings. The van der Waals surface area contributed by atoms with Gasteiger partial charge in [-0.1, -0.05) is 78.1 Å². The van der Waals surface area contributed by atoms with Gasteiger partial charge in [0.25, 0.3) is 0 Å². The Bertz CT molecular complexity index is 1260. The Kier molecular flexibility index (Phi) is 8.08. The summed E-state index contributed by atoms with van der Waals surface area (Å²) in [6, 6.07) is 13.2. The van der Waals surface area contributed by atoms with Crippen molar-refractivity contribution in [2.45, 2.75) is 60.5 Å². The van der Waals surface area contributed by atoms with Crippen molar-refractivity contribution in [3.63, 3.8) is 0 Å². The van der Waals surface area contributed by atoms with Gasteiger partial charge in [-0.3, -0.25) is 14.4 Å². The Balaban J connectivity index is 1.57. The number of alkyl halides is 1. The van der Waals surface area contributed by atoms with Gasteiger partial charge < -0.3 is 20.6 Å². The van der Waals surface area contributed by atoms with Gasteiger partial charge >= 0.3 is 0 Å². The molecule has 1 spiro atoms. The van der Waals surface area contributed by atoms with Gasteiger partial charge in [0.15, 0.2) is 0 Å². The fraction of sp³-hybridized carbons (Fsp3) is 0.483. The van der Waals surface area contributed by atoms with Gasteiger partial charge in [-0.25, -0.2) is 0 Å². The maximum Gasteiger partial charge on any atom is 0.248 e. The normalized spacial score (nSPS) is 30.7. The highest BCUT2D eigenvalue weighted by molar-refractivity contribution is 9.09. The van der Waals surface area contributed by atoms with Gasteiger partial charge in [0, 0.05) is 15.8 Å². The number of anilines is 2. The SMILES string of the molecule is CC[C@H](C)[C@H](CO)N1C(=O)[C@@H]2[C@H](C(=O)Nc3ccccc3)[C@H]3SC2(CC3Br)C1C(=O)Nc1c(C)cccc1Cl. The number of benzene rings is 2. The topological polar surface area (TPSA) is 98.7 Å². The van der Waals surface area contributed by atoms with E-state index in [1.807, 2.05) is 63.2 Å². The second-order valence-corrected chi connectivity index (χ2v) is 13.9. The summed E-state index contributed by atoms with van der Waals surface area (Å²) in [5, 5.41) is 16.8. The molecule has 3 saturated heterocycles. The molecule has 2 aromatic carbocycles. The smallest absolute Gasteiger partial charge is 0.248 e. The maximum absolute atomic E-state index is 14.4. The van der Waals surface area contributed by atoms with Crippen LogP contribution in [-0.4, -0.2) is 61.2 Å². The van der Waals surface area contributed by atoms with Gasteiger partial charge in [0.2, 0.25) is 17.7 Å². The zero-order chi connectivity index (χ0) is 28.1. The lowest BCUT2D eigenvalue weighted by molar-refractivity contribution is -0.142. The Morgan fingerprint density at radius 3 is 2.54 bits per heavy atom. The minimum absolute atomic E-state index is 0.0495. The molecule has 5 rings (SSSR count). The van der Waals surface area contributed by atoms with Crippen LogP contribution >= 0.6 is 39.3 Å². The van der Waals surface area contributed by atoms with Crippen molar-refractivity contribution < 1.29 is 19.5 Å². The number of hydrogen-bond donors (Lipinski definition) is 3. The molecule has 0 aromatic heterocycles. The fourth-order valence-electron chi connectivity index (χ4n) is 6.57. The lowest BCUT2D eigenvalue weighted by Crippen LogP contribution is -2.56. The quantitative estimate of drug-likeness (QED) is 0.351. The summed E-state index contributed by atoms with van der Waals surface area (Å²) >= 11 is 11.8. The first-order chi connectivity index (χ1) is 18.6. The molecule has 3 heterocycles. The molecule has 39 heavy (non-hydrogen) atoms. The molecule has 2 aromatic rings. The third kappa shape index (κ3) is 4.69. The van der Waals surface area contributed by atoms with Crippen LogP contribution in [0, 0.1) is 24.7 Å². The van der Waals surface area contributed by atoms with Crippen LogP contribution in [0.25, 0.3) is 0 Å². The number of thioether (sulfide) groups is 1. The molecule has 3 N–H and O–H groups in total. The van der Waals surface area contributed by atoms with Crippen molar-refractivity contribution in [3.8, 4) is 0 Å². The average molecular weight is 635 g/mol. The largest absolute Gasteiger partial charge is 0.394 e. The Morgan fingerprint density at radius 1 is 1.18 bits per heavy atom. The monoisotopic (exact) mass is 633 g/mol. The van der Waals surface area contributed by atoms with Gasteiger partial charge in [0.1, 0.15) is 6.04 Å². The summed E-state index contributed by atoms with van der Waals surface area (Å²) in [6.45, 7) is 5.57. The van der Waals surface area contributed by atoms with Crippen molar-refractivity contribution in [3.05, 3.63) is 59.1 Å². The average Bonchev–Trinajstić information content (AvgIpc) is 3.51. The summed E-state index contributed by atoms with van der Waals surface area (Å²) in [5.74, 6) is -2.18. The number of nitrogens with zero attached hydrogens (tertiary/aromatic N) is 1. The number of para-hydroxylation sites is 2. The Hall–Kier alpha value is -2.07. The van der Waals surface area contributed by atoms with E-state index in [1.54, 1.807) is 22.7 Å². The molecule has 10 heteroatoms. The highest BCUT2D eigenvalue weighted by Gasteiger charge is 2.76. The summed E-state index contributed by atoms with van der Waals surface area (Å²) in [6.07, 6.45) is 1.28. The van der Waals surface area contributed by atoms with Crippen molar-refractivity contribution in [1.82, 2.24) is 4.90 Å². The highest BCUT2D eigenvalue weighted by atomic mass is 79.9. The zero-order valence-electron chi connectivity index (χ0n) is 22.1. The number of aliphatic hydroxyl groups excluding tert-OH is 1. The third-order valence-electron chi connectivity index (χ3n) is 8.63. The van der Waals surface area contributed by atoms with Crippen LogP contribution in [0.5, 0.6) is 0 Å². The first-order valence-corrected chi connectivity index (χ1v) is 15.5. The summed E-state index contributed by atoms with van der Waals surface area (Å²) in [4.78, 5) is 43.9. The minimum atomic E-state index is -0.874. The molecular formula is C29H33BrClN3O4S. The van der Waals surface area contributed by atoms with Gasteiger partial charge in [-0.2, -0.15) is 0 Å². The summed E-state index contributed by atoms with van der Waals surface area (Å²) in [7, 11) is 0. The molecule has 0 saturated carbocycles. The molecule has 3 aliphatic heterocycles. The van der Waals surface area contributed by atoms with Crippen LogP contribution < -0.4 is 10.6 Å². The third-order valence-corrected chi connectivity index (χ3v) is 12.2. The fourth-order valence-corrected chi connectivity index (χ4v) is 10.4. The van der Waals surface area contributed by atoms with Crippen LogP contribution in [0.3, 0.4) is 0 Å². The van der Waals surface area contributed by atoms with Crippen LogP contribution in [-0.2, 0) is 14.4 Å². The van der Waals surface area contributed by atoms with Crippen LogP contribution in [0.1, 0.15) is 32.3 Å². The van der Waals surface area contributed by atoms with Crippen LogP contribution in [0.4, 0.5) is 11.4 Å². The van der Waals surface area contributed by atoms with E-state index in [2.05, 4.69) is 26.6 Å². The second-order valence-electron chi connectivity index (χ2n) is 10.8. The van der Waals surface area contributed by atoms with Crippen LogP contribution in [0.2, 0.25) is 5.02 Å². The number of likely N-dealkylation sites (tertiary alicyclic amines) is 1. The Morgan fingerprint density at radius 2 is 1.90 bits per heavy atom. The number of rotatable bonds is 8. The zero-order valence-corrected chi connectivity index (χ0v) is 25.2. The number of carbonyl (C=O) groups is 3. The predicted octanol–water partition coefficient (Wildman–Crippen LogP) is 5.10. The number of aryl methyl sites for hydroxylation is 1. The molecule has 0 aliphatic carbocycles. The van der Waals surface area contributed by atoms with Crippen molar-refractivity contribution in [1.29, 1.82) is 0 Å². The molecule has 3 aliphatic rings. The van der Waals surface area contributed by atoms with Crippen molar-refractivity contribution in [2.24, 2.45) is 17.8 Å². The lowest BCUT2D eigenvalue weighted by Gasteiger charge is -2.39. The predicted molar refractivity (Wildman–Crippen MR) is 159 cm³/mol. The standard InChI is InChI=1S/C29H33BrClN3O4S/c1-4-15(2)20(14-35)34-25(27(37)33-23-16(3)9-8-12-19(23)31)29-13-18(30)24(39-29)21(22(29)28(34)38)26(36)32-17-10-6-5-7-11-17/h5-12,15,18,20-22,24-25,35H,4,13-14H2,1-3H3,(H,32,36)(H,33,37)/t15-,18?,20-,21-,22-,24-,25?,29?/m0/s1. The summed E-state index contributed by atoms with van der Waals surface area (Å²) < 4.78 is -0.825. The van der Waals surface area contributed by atoms with Gasteiger partial charge in [-0.05, 0) is 43.0 Å². The first-order valence-electron chi connectivity index (χ1n) is 13.3. The number of hydrogen-bond acceptors (Lipinski definition) is 5. The molecule has 208 valence electrons. The van der Waals surface area contributed by atoms with E-state index < -0.39 is 28.7 Å². The van der Waals surface area contributed by atoms with E-state index in [0.29, 0.717) is 22.8 Å². The molecule has 3 amide bonds. The van der Waals surface area contributed by atoms with Gasteiger partial charge in [-0.15, -0.1) is 11.8 Å². The minimum Gasteiger partial charge on any atom is -0.394 e.